The maximum absolute atomic E-state index is 11.4. The number of carbonyl (C=O) groups excluding carboxylic acids is 1. The van der Waals surface area contributed by atoms with Crippen molar-refractivity contribution >= 4 is 17.7 Å². The normalized spacial score (nSPS) is 19.4. The summed E-state index contributed by atoms with van der Waals surface area (Å²) >= 11 is 0. The van der Waals surface area contributed by atoms with Crippen molar-refractivity contribution in [2.45, 2.75) is 51.4 Å². The molecule has 1 rings (SSSR count). The Balaban J connectivity index is 2.12. The predicted octanol–water partition coefficient (Wildman–Crippen LogP) is 2.09. The average molecular weight is 256 g/mol. The Morgan fingerprint density at radius 3 is 2.33 bits per heavy atom. The van der Waals surface area contributed by atoms with E-state index in [-0.39, 0.29) is 12.3 Å². The summed E-state index contributed by atoms with van der Waals surface area (Å²) in [5.74, 6) is -3.29. The van der Waals surface area contributed by atoms with Crippen LogP contribution in [0.15, 0.2) is 0 Å². The first-order valence-corrected chi connectivity index (χ1v) is 6.50. The molecule has 1 saturated carbocycles. The monoisotopic (exact) mass is 256 g/mol. The lowest BCUT2D eigenvalue weighted by molar-refractivity contribution is -0.154. The number of aliphatic carboxylic acids is 2. The number of hydrogen-bond donors (Lipinski definition) is 2. The number of rotatable bonds is 8. The van der Waals surface area contributed by atoms with Gasteiger partial charge in [-0.3, -0.25) is 14.4 Å². The van der Waals surface area contributed by atoms with Gasteiger partial charge in [-0.05, 0) is 25.7 Å². The molecule has 0 aromatic carbocycles. The molecule has 0 saturated heterocycles. The van der Waals surface area contributed by atoms with Crippen molar-refractivity contribution in [3.63, 3.8) is 0 Å². The van der Waals surface area contributed by atoms with Crippen LogP contribution < -0.4 is 0 Å². The molecule has 18 heavy (non-hydrogen) atoms. The standard InChI is InChI=1S/C13H20O5/c14-11-8-4-6-9(11)5-2-1-3-7-10(12(15)16)13(17)18/h9-10H,1-8H2,(H,15,16)(H,17,18). The van der Waals surface area contributed by atoms with Gasteiger partial charge in [0.15, 0.2) is 5.92 Å². The summed E-state index contributed by atoms with van der Waals surface area (Å²) < 4.78 is 0. The Hall–Kier alpha value is -1.39. The molecule has 5 nitrogen and oxygen atoms in total. The first-order chi connectivity index (χ1) is 8.52. The van der Waals surface area contributed by atoms with Crippen LogP contribution in [0.4, 0.5) is 0 Å². The molecule has 2 N–H and O–H groups in total. The van der Waals surface area contributed by atoms with E-state index in [1.54, 1.807) is 0 Å². The Morgan fingerprint density at radius 1 is 1.17 bits per heavy atom. The quantitative estimate of drug-likeness (QED) is 0.512. The molecule has 1 aliphatic carbocycles. The molecule has 0 aliphatic heterocycles. The molecule has 0 aromatic rings. The summed E-state index contributed by atoms with van der Waals surface area (Å²) in [5.41, 5.74) is 0. The van der Waals surface area contributed by atoms with Crippen LogP contribution in [-0.2, 0) is 14.4 Å². The minimum absolute atomic E-state index is 0.170. The molecule has 1 unspecified atom stereocenters. The van der Waals surface area contributed by atoms with Crippen molar-refractivity contribution in [3.05, 3.63) is 0 Å². The molecular formula is C13H20O5. The zero-order valence-corrected chi connectivity index (χ0v) is 10.4. The Kier molecular flexibility index (Phi) is 5.82. The summed E-state index contributed by atoms with van der Waals surface area (Å²) in [5, 5.41) is 17.4. The van der Waals surface area contributed by atoms with Gasteiger partial charge in [0.1, 0.15) is 5.78 Å². The van der Waals surface area contributed by atoms with Crippen LogP contribution in [0.2, 0.25) is 0 Å². The van der Waals surface area contributed by atoms with Gasteiger partial charge >= 0.3 is 11.9 Å². The molecular weight excluding hydrogens is 236 g/mol. The zero-order chi connectivity index (χ0) is 13.5. The molecule has 102 valence electrons. The zero-order valence-electron chi connectivity index (χ0n) is 10.4. The van der Waals surface area contributed by atoms with E-state index in [1.165, 1.54) is 0 Å². The van der Waals surface area contributed by atoms with Gasteiger partial charge < -0.3 is 10.2 Å². The summed E-state index contributed by atoms with van der Waals surface area (Å²) in [6, 6.07) is 0. The highest BCUT2D eigenvalue weighted by molar-refractivity contribution is 5.92. The summed E-state index contributed by atoms with van der Waals surface area (Å²) in [6.07, 6.45) is 5.96. The Morgan fingerprint density at radius 2 is 1.83 bits per heavy atom. The number of carboxylic acids is 2. The minimum Gasteiger partial charge on any atom is -0.481 e. The third kappa shape index (κ3) is 4.47. The summed E-state index contributed by atoms with van der Waals surface area (Å²) in [6.45, 7) is 0. The van der Waals surface area contributed by atoms with Gasteiger partial charge in [0.05, 0.1) is 0 Å². The van der Waals surface area contributed by atoms with E-state index in [2.05, 4.69) is 0 Å². The average Bonchev–Trinajstić information content (AvgIpc) is 2.68. The van der Waals surface area contributed by atoms with Gasteiger partial charge in [-0.2, -0.15) is 0 Å². The first kappa shape index (κ1) is 14.7. The topological polar surface area (TPSA) is 91.7 Å². The van der Waals surface area contributed by atoms with E-state index < -0.39 is 17.9 Å². The highest BCUT2D eigenvalue weighted by Gasteiger charge is 2.25. The molecule has 0 heterocycles. The molecule has 5 heteroatoms. The fourth-order valence-corrected chi connectivity index (χ4v) is 2.46. The van der Waals surface area contributed by atoms with E-state index in [4.69, 9.17) is 10.2 Å². The minimum atomic E-state index is -1.29. The van der Waals surface area contributed by atoms with Gasteiger partial charge in [0.25, 0.3) is 0 Å². The number of carbonyl (C=O) groups is 3. The van der Waals surface area contributed by atoms with Gasteiger partial charge in [0, 0.05) is 12.3 Å². The number of carboxylic acid groups (broad SMARTS) is 2. The molecule has 0 radical (unpaired) electrons. The van der Waals surface area contributed by atoms with Crippen molar-refractivity contribution in [2.75, 3.05) is 0 Å². The van der Waals surface area contributed by atoms with Gasteiger partial charge in [0.2, 0.25) is 0 Å². The fraction of sp³-hybridized carbons (Fsp3) is 0.769. The van der Waals surface area contributed by atoms with E-state index >= 15 is 0 Å². The van der Waals surface area contributed by atoms with Crippen molar-refractivity contribution < 1.29 is 24.6 Å². The largest absolute Gasteiger partial charge is 0.481 e. The third-order valence-electron chi connectivity index (χ3n) is 3.57. The lowest BCUT2D eigenvalue weighted by atomic mass is 9.96. The van der Waals surface area contributed by atoms with E-state index in [9.17, 15) is 14.4 Å². The van der Waals surface area contributed by atoms with Crippen LogP contribution in [0, 0.1) is 11.8 Å². The van der Waals surface area contributed by atoms with Crippen molar-refractivity contribution in [2.24, 2.45) is 11.8 Å². The first-order valence-electron chi connectivity index (χ1n) is 6.50. The van der Waals surface area contributed by atoms with Gasteiger partial charge in [-0.25, -0.2) is 0 Å². The van der Waals surface area contributed by atoms with Gasteiger partial charge in [-0.15, -0.1) is 0 Å². The van der Waals surface area contributed by atoms with E-state index in [0.717, 1.165) is 32.1 Å². The van der Waals surface area contributed by atoms with Crippen LogP contribution in [0.1, 0.15) is 51.4 Å². The van der Waals surface area contributed by atoms with Crippen molar-refractivity contribution in [1.82, 2.24) is 0 Å². The van der Waals surface area contributed by atoms with Crippen molar-refractivity contribution in [3.8, 4) is 0 Å². The van der Waals surface area contributed by atoms with Crippen molar-refractivity contribution in [1.29, 1.82) is 0 Å². The van der Waals surface area contributed by atoms with Crippen LogP contribution in [0.25, 0.3) is 0 Å². The summed E-state index contributed by atoms with van der Waals surface area (Å²) in [4.78, 5) is 32.6. The fourth-order valence-electron chi connectivity index (χ4n) is 2.46. The molecule has 1 fully saturated rings. The number of unbranched alkanes of at least 4 members (excludes halogenated alkanes) is 2. The summed E-state index contributed by atoms with van der Waals surface area (Å²) in [7, 11) is 0. The van der Waals surface area contributed by atoms with Crippen LogP contribution in [-0.4, -0.2) is 27.9 Å². The lowest BCUT2D eigenvalue weighted by Gasteiger charge is -2.09. The predicted molar refractivity (Wildman–Crippen MR) is 64.2 cm³/mol. The lowest BCUT2D eigenvalue weighted by Crippen LogP contribution is -2.23. The molecule has 1 aliphatic rings. The second kappa shape index (κ2) is 7.13. The second-order valence-corrected chi connectivity index (χ2v) is 4.92. The number of ketones is 1. The SMILES string of the molecule is O=C1CCCC1CCCCCC(C(=O)O)C(=O)O. The molecule has 0 bridgehead atoms. The molecule has 0 spiro atoms. The van der Waals surface area contributed by atoms with Crippen LogP contribution in [0.3, 0.4) is 0 Å². The van der Waals surface area contributed by atoms with Gasteiger partial charge in [-0.1, -0.05) is 19.3 Å². The molecule has 1 atom stereocenters. The maximum atomic E-state index is 11.4. The molecule has 0 aromatic heterocycles. The van der Waals surface area contributed by atoms with Crippen LogP contribution >= 0.6 is 0 Å². The van der Waals surface area contributed by atoms with E-state index in [1.807, 2.05) is 0 Å². The highest BCUT2D eigenvalue weighted by Crippen LogP contribution is 2.26. The number of Topliss-reactive ketones (excluding diaryl/α,β-unsaturated/α-hetero) is 1. The Labute approximate surface area is 106 Å². The van der Waals surface area contributed by atoms with Crippen LogP contribution in [0.5, 0.6) is 0 Å². The second-order valence-electron chi connectivity index (χ2n) is 4.92. The molecule has 0 amide bonds. The number of hydrogen-bond acceptors (Lipinski definition) is 3. The Bertz CT molecular complexity index is 309. The van der Waals surface area contributed by atoms with E-state index in [0.29, 0.717) is 18.6 Å². The third-order valence-corrected chi connectivity index (χ3v) is 3.57. The smallest absolute Gasteiger partial charge is 0.317 e. The maximum Gasteiger partial charge on any atom is 0.317 e. The highest BCUT2D eigenvalue weighted by atomic mass is 16.4.